The van der Waals surface area contributed by atoms with Crippen LogP contribution < -0.4 is 0 Å². The highest BCUT2D eigenvalue weighted by Crippen LogP contribution is 1.88. The van der Waals surface area contributed by atoms with E-state index in [4.69, 9.17) is 20.4 Å². The van der Waals surface area contributed by atoms with Crippen LogP contribution in [0, 0.1) is 0 Å². The highest BCUT2D eigenvalue weighted by Gasteiger charge is 2.19. The molecule has 0 aliphatic carbocycles. The van der Waals surface area contributed by atoms with Gasteiger partial charge in [0.1, 0.15) is 13.2 Å². The summed E-state index contributed by atoms with van der Waals surface area (Å²) in [4.78, 5) is 21.2. The molecule has 0 aromatic rings. The average Bonchev–Trinajstić information content (AvgIpc) is 2.09. The molecule has 0 radical (unpaired) electrons. The molecule has 0 unspecified atom stereocenters. The highest BCUT2D eigenvalue weighted by molar-refractivity contribution is 6.29. The van der Waals surface area contributed by atoms with Crippen molar-refractivity contribution in [2.45, 2.75) is 12.6 Å². The van der Waals surface area contributed by atoms with Crippen molar-refractivity contribution in [1.82, 2.24) is 0 Å². The Bertz CT molecular complexity index is 176. The maximum atomic E-state index is 10.6. The van der Waals surface area contributed by atoms with Crippen molar-refractivity contribution in [3.63, 3.8) is 0 Å². The molecule has 14 heavy (non-hydrogen) atoms. The molecule has 0 atom stereocenters. The number of hydrogen-bond acceptors (Lipinski definition) is 8. The van der Waals surface area contributed by atoms with E-state index in [9.17, 15) is 9.59 Å². The van der Waals surface area contributed by atoms with Crippen molar-refractivity contribution in [3.05, 3.63) is 0 Å². The fraction of sp³-hybridized carbons (Fsp3) is 0.667. The second-order valence-electron chi connectivity index (χ2n) is 2.16. The van der Waals surface area contributed by atoms with Gasteiger partial charge in [0.2, 0.25) is 0 Å². The standard InChI is InChI=1S/C6H10O8/c7-3(8)1-13-5(11)6(12)14-2-4(9)10/h3-4,7-10H,1-2H2. The minimum absolute atomic E-state index is 0.768. The Morgan fingerprint density at radius 1 is 0.857 bits per heavy atom. The minimum Gasteiger partial charge on any atom is -0.452 e. The highest BCUT2D eigenvalue weighted by atomic mass is 16.6. The first-order chi connectivity index (χ1) is 6.43. The van der Waals surface area contributed by atoms with Crippen LogP contribution in [0.15, 0.2) is 0 Å². The first-order valence-electron chi connectivity index (χ1n) is 3.49. The molecule has 82 valence electrons. The van der Waals surface area contributed by atoms with Gasteiger partial charge in [-0.15, -0.1) is 0 Å². The van der Waals surface area contributed by atoms with Gasteiger partial charge in [-0.25, -0.2) is 9.59 Å². The summed E-state index contributed by atoms with van der Waals surface area (Å²) in [5, 5.41) is 33.0. The van der Waals surface area contributed by atoms with Crippen LogP contribution >= 0.6 is 0 Å². The van der Waals surface area contributed by atoms with Gasteiger partial charge in [0.05, 0.1) is 0 Å². The molecule has 0 amide bonds. The monoisotopic (exact) mass is 210 g/mol. The van der Waals surface area contributed by atoms with Crippen molar-refractivity contribution in [2.75, 3.05) is 13.2 Å². The number of carbonyl (C=O) groups excluding carboxylic acids is 2. The number of hydrogen-bond donors (Lipinski definition) is 4. The quantitative estimate of drug-likeness (QED) is 0.215. The molecule has 8 heteroatoms. The molecule has 0 saturated heterocycles. The number of esters is 2. The number of carbonyl (C=O) groups is 2. The van der Waals surface area contributed by atoms with Crippen LogP contribution in [0.2, 0.25) is 0 Å². The van der Waals surface area contributed by atoms with Gasteiger partial charge in [0, 0.05) is 0 Å². The van der Waals surface area contributed by atoms with Crippen molar-refractivity contribution in [3.8, 4) is 0 Å². The fourth-order valence-corrected chi connectivity index (χ4v) is 0.418. The third-order valence-corrected chi connectivity index (χ3v) is 0.894. The Balaban J connectivity index is 3.71. The predicted octanol–water partition coefficient (Wildman–Crippen LogP) is -3.31. The van der Waals surface area contributed by atoms with E-state index in [0.29, 0.717) is 0 Å². The molecule has 0 aromatic carbocycles. The molecule has 0 fully saturated rings. The SMILES string of the molecule is O=C(OCC(O)O)C(=O)OCC(O)O. The largest absolute Gasteiger partial charge is 0.452 e. The van der Waals surface area contributed by atoms with Crippen molar-refractivity contribution in [2.24, 2.45) is 0 Å². The van der Waals surface area contributed by atoms with Gasteiger partial charge in [0.15, 0.2) is 12.6 Å². The first kappa shape index (κ1) is 12.8. The van der Waals surface area contributed by atoms with E-state index in [0.717, 1.165) is 0 Å². The van der Waals surface area contributed by atoms with Crippen LogP contribution in [0.5, 0.6) is 0 Å². The molecule has 0 bridgehead atoms. The van der Waals surface area contributed by atoms with Gasteiger partial charge in [-0.3, -0.25) is 0 Å². The Kier molecular flexibility index (Phi) is 5.72. The zero-order valence-electron chi connectivity index (χ0n) is 6.99. The van der Waals surface area contributed by atoms with Crippen molar-refractivity contribution in [1.29, 1.82) is 0 Å². The van der Waals surface area contributed by atoms with Crippen molar-refractivity contribution < 1.29 is 39.5 Å². The Morgan fingerprint density at radius 3 is 1.36 bits per heavy atom. The summed E-state index contributed by atoms with van der Waals surface area (Å²) >= 11 is 0. The second-order valence-corrected chi connectivity index (χ2v) is 2.16. The lowest BCUT2D eigenvalue weighted by atomic mass is 10.6. The third kappa shape index (κ3) is 6.31. The molecule has 0 aliphatic rings. The average molecular weight is 210 g/mol. The first-order valence-corrected chi connectivity index (χ1v) is 3.49. The lowest BCUT2D eigenvalue weighted by Crippen LogP contribution is -2.27. The Morgan fingerprint density at radius 2 is 1.14 bits per heavy atom. The maximum Gasteiger partial charge on any atom is 0.417 e. The molecule has 4 N–H and O–H groups in total. The second kappa shape index (κ2) is 6.27. The van der Waals surface area contributed by atoms with Crippen LogP contribution in [0.4, 0.5) is 0 Å². The summed E-state index contributed by atoms with van der Waals surface area (Å²) in [6.45, 7) is -1.54. The summed E-state index contributed by atoms with van der Waals surface area (Å²) in [5.74, 6) is -2.89. The van der Waals surface area contributed by atoms with E-state index < -0.39 is 37.7 Å². The van der Waals surface area contributed by atoms with Gasteiger partial charge in [-0.1, -0.05) is 0 Å². The number of rotatable bonds is 4. The molecule has 0 aliphatic heterocycles. The Labute approximate surface area is 78.3 Å². The van der Waals surface area contributed by atoms with E-state index in [-0.39, 0.29) is 0 Å². The molecular formula is C6H10O8. The van der Waals surface area contributed by atoms with E-state index in [1.165, 1.54) is 0 Å². The Hall–Kier alpha value is -1.22. The van der Waals surface area contributed by atoms with E-state index >= 15 is 0 Å². The van der Waals surface area contributed by atoms with Gasteiger partial charge in [0.25, 0.3) is 0 Å². The van der Waals surface area contributed by atoms with E-state index in [1.807, 2.05) is 0 Å². The van der Waals surface area contributed by atoms with Gasteiger partial charge in [-0.05, 0) is 0 Å². The summed E-state index contributed by atoms with van der Waals surface area (Å²) < 4.78 is 8.04. The third-order valence-electron chi connectivity index (χ3n) is 0.894. The predicted molar refractivity (Wildman–Crippen MR) is 38.4 cm³/mol. The van der Waals surface area contributed by atoms with Crippen LogP contribution in [0.1, 0.15) is 0 Å². The molecule has 0 saturated carbocycles. The molecule has 0 heterocycles. The van der Waals surface area contributed by atoms with Crippen LogP contribution in [-0.4, -0.2) is 58.2 Å². The summed E-state index contributed by atoms with van der Waals surface area (Å²) in [5.41, 5.74) is 0. The van der Waals surface area contributed by atoms with Gasteiger partial charge in [-0.2, -0.15) is 0 Å². The van der Waals surface area contributed by atoms with Crippen LogP contribution in [0.3, 0.4) is 0 Å². The smallest absolute Gasteiger partial charge is 0.417 e. The zero-order valence-corrected chi connectivity index (χ0v) is 6.99. The van der Waals surface area contributed by atoms with Gasteiger partial charge >= 0.3 is 11.9 Å². The van der Waals surface area contributed by atoms with Gasteiger partial charge < -0.3 is 29.9 Å². The lowest BCUT2D eigenvalue weighted by molar-refractivity contribution is -0.179. The van der Waals surface area contributed by atoms with E-state index in [1.54, 1.807) is 0 Å². The molecule has 0 spiro atoms. The fourth-order valence-electron chi connectivity index (χ4n) is 0.418. The normalized spacial score (nSPS) is 10.4. The summed E-state index contributed by atoms with van der Waals surface area (Å²) in [7, 11) is 0. The molecule has 0 aromatic heterocycles. The zero-order chi connectivity index (χ0) is 11.1. The minimum atomic E-state index is -1.88. The maximum absolute atomic E-state index is 10.6. The molecule has 8 nitrogen and oxygen atoms in total. The van der Waals surface area contributed by atoms with Crippen molar-refractivity contribution >= 4 is 11.9 Å². The number of ether oxygens (including phenoxy) is 2. The molecule has 0 rings (SSSR count). The number of aliphatic hydroxyl groups excluding tert-OH is 2. The van der Waals surface area contributed by atoms with E-state index in [2.05, 4.69) is 9.47 Å². The summed E-state index contributed by atoms with van der Waals surface area (Å²) in [6, 6.07) is 0. The number of aliphatic hydroxyl groups is 4. The summed E-state index contributed by atoms with van der Waals surface area (Å²) in [6.07, 6.45) is -3.76. The van der Waals surface area contributed by atoms with Crippen LogP contribution in [-0.2, 0) is 19.1 Å². The topological polar surface area (TPSA) is 134 Å². The lowest BCUT2D eigenvalue weighted by Gasteiger charge is -2.06. The molecular weight excluding hydrogens is 200 g/mol. The van der Waals surface area contributed by atoms with Crippen LogP contribution in [0.25, 0.3) is 0 Å².